The van der Waals surface area contributed by atoms with Gasteiger partial charge in [0.15, 0.2) is 0 Å². The van der Waals surface area contributed by atoms with E-state index in [2.05, 4.69) is 4.18 Å². The molecule has 1 aromatic rings. The molecule has 4 nitrogen and oxygen atoms in total. The first-order chi connectivity index (χ1) is 5.08. The Morgan fingerprint density at radius 3 is 2.08 bits per heavy atom. The molecule has 1 N–H and O–H groups in total. The second-order valence-electron chi connectivity index (χ2n) is 1.82. The zero-order valence-corrected chi connectivity index (χ0v) is 6.28. The predicted molar refractivity (Wildman–Crippen MR) is 45.8 cm³/mol. The van der Waals surface area contributed by atoms with Crippen molar-refractivity contribution >= 4 is 61.8 Å². The molecule has 0 aliphatic carbocycles. The third-order valence-electron chi connectivity index (χ3n) is 0.945. The summed E-state index contributed by atoms with van der Waals surface area (Å²) in [7, 11) is -4.38. The molecule has 0 fully saturated rings. The van der Waals surface area contributed by atoms with Gasteiger partial charge in [-0.25, -0.2) is 0 Å². The Bertz CT molecular complexity index is 321. The predicted octanol–water partition coefficient (Wildman–Crippen LogP) is 0.220. The summed E-state index contributed by atoms with van der Waals surface area (Å²) in [5, 5.41) is 0. The van der Waals surface area contributed by atoms with Gasteiger partial charge in [-0.3, -0.25) is 4.55 Å². The fourth-order valence-corrected chi connectivity index (χ4v) is 0.952. The van der Waals surface area contributed by atoms with Crippen molar-refractivity contribution in [1.82, 2.24) is 0 Å². The minimum absolute atomic E-state index is 0. The molecule has 12 heavy (non-hydrogen) atoms. The van der Waals surface area contributed by atoms with Crippen LogP contribution in [0.2, 0.25) is 0 Å². The van der Waals surface area contributed by atoms with E-state index in [1.165, 1.54) is 12.1 Å². The molecule has 0 radical (unpaired) electrons. The van der Waals surface area contributed by atoms with Gasteiger partial charge in [0.25, 0.3) is 0 Å². The molecule has 0 aliphatic rings. The monoisotopic (exact) mass is 214 g/mol. The van der Waals surface area contributed by atoms with Gasteiger partial charge >= 0.3 is 61.8 Å². The summed E-state index contributed by atoms with van der Waals surface area (Å²) in [6.07, 6.45) is 0. The Morgan fingerprint density at radius 2 is 1.67 bits per heavy atom. The van der Waals surface area contributed by atoms with Crippen molar-refractivity contribution in [2.45, 2.75) is 0 Å². The summed E-state index contributed by atoms with van der Waals surface area (Å²) >= 11 is 0. The van der Waals surface area contributed by atoms with E-state index in [-0.39, 0.29) is 57.1 Å². The summed E-state index contributed by atoms with van der Waals surface area (Å²) in [6.45, 7) is 0. The fraction of sp³-hybridized carbons (Fsp3) is 0. The van der Waals surface area contributed by atoms with Crippen molar-refractivity contribution in [2.24, 2.45) is 0 Å². The van der Waals surface area contributed by atoms with Crippen LogP contribution in [0, 0.1) is 0 Å². The van der Waals surface area contributed by atoms with E-state index in [1.54, 1.807) is 18.2 Å². The molecule has 0 aromatic heterocycles. The van der Waals surface area contributed by atoms with Crippen LogP contribution in [0.4, 0.5) is 0 Å². The number of rotatable bonds is 2. The van der Waals surface area contributed by atoms with Crippen LogP contribution in [-0.2, 0) is 10.4 Å². The molecule has 1 rings (SSSR count). The average Bonchev–Trinajstić information content (AvgIpc) is 1.85. The van der Waals surface area contributed by atoms with E-state index in [9.17, 15) is 8.42 Å². The van der Waals surface area contributed by atoms with Crippen LogP contribution >= 0.6 is 0 Å². The minimum atomic E-state index is -4.38. The summed E-state index contributed by atoms with van der Waals surface area (Å²) in [6, 6.07) is 7.75. The normalized spacial score (nSPS) is 10.1. The first kappa shape index (κ1) is 12.6. The number of hydrogen-bond acceptors (Lipinski definition) is 3. The van der Waals surface area contributed by atoms with Crippen molar-refractivity contribution < 1.29 is 17.2 Å². The molecule has 0 saturated heterocycles. The van der Waals surface area contributed by atoms with Gasteiger partial charge in [-0.2, -0.15) is 8.42 Å². The van der Waals surface area contributed by atoms with Gasteiger partial charge in [-0.05, 0) is 12.1 Å². The Balaban J connectivity index is 0.00000121. The van der Waals surface area contributed by atoms with E-state index in [0.29, 0.717) is 0 Å². The molecule has 6 heteroatoms. The molecule has 0 bridgehead atoms. The van der Waals surface area contributed by atoms with E-state index < -0.39 is 10.4 Å². The molecule has 0 atom stereocenters. The molecule has 0 heterocycles. The quantitative estimate of drug-likeness (QED) is 0.565. The fourth-order valence-electron chi connectivity index (χ4n) is 0.598. The van der Waals surface area contributed by atoms with Crippen molar-refractivity contribution in [2.75, 3.05) is 0 Å². The van der Waals surface area contributed by atoms with E-state index >= 15 is 0 Å². The molecule has 0 unspecified atom stereocenters. The molecular weight excluding hydrogens is 207 g/mol. The van der Waals surface area contributed by atoms with Gasteiger partial charge in [0.05, 0.1) is 0 Å². The molecule has 62 valence electrons. The van der Waals surface area contributed by atoms with E-state index in [4.69, 9.17) is 4.55 Å². The number of para-hydroxylation sites is 1. The van der Waals surface area contributed by atoms with Gasteiger partial charge in [0, 0.05) is 0 Å². The van der Waals surface area contributed by atoms with Crippen LogP contribution in [0.3, 0.4) is 0 Å². The van der Waals surface area contributed by atoms with Crippen LogP contribution in [0.15, 0.2) is 30.3 Å². The first-order valence-corrected chi connectivity index (χ1v) is 4.16. The standard InChI is InChI=1S/C6H6O4S.K.H/c7-11(8,9)10-6-4-2-1-3-5-6;;/h1-5H,(H,7,8,9);;. The number of benzene rings is 1. The zero-order valence-electron chi connectivity index (χ0n) is 5.47. The molecule has 0 aliphatic heterocycles. The first-order valence-electron chi connectivity index (χ1n) is 2.80. The van der Waals surface area contributed by atoms with Gasteiger partial charge in [-0.1, -0.05) is 18.2 Å². The molecule has 0 saturated carbocycles. The molecule has 1 aromatic carbocycles. The van der Waals surface area contributed by atoms with Gasteiger partial charge in [0.1, 0.15) is 5.75 Å². The summed E-state index contributed by atoms with van der Waals surface area (Å²) < 4.78 is 32.6. The second-order valence-corrected chi connectivity index (χ2v) is 2.85. The number of hydrogen-bond donors (Lipinski definition) is 1. The van der Waals surface area contributed by atoms with Crippen molar-refractivity contribution in [1.29, 1.82) is 0 Å². The Labute approximate surface area is 113 Å². The molecule has 0 spiro atoms. The van der Waals surface area contributed by atoms with Gasteiger partial charge in [0.2, 0.25) is 0 Å². The zero-order chi connectivity index (χ0) is 8.32. The topological polar surface area (TPSA) is 63.6 Å². The summed E-state index contributed by atoms with van der Waals surface area (Å²) in [5.41, 5.74) is 0. The van der Waals surface area contributed by atoms with Crippen LogP contribution in [0.25, 0.3) is 0 Å². The molecular formula is C6H7KO4S. The summed E-state index contributed by atoms with van der Waals surface area (Å²) in [4.78, 5) is 0. The molecule has 0 amide bonds. The van der Waals surface area contributed by atoms with Crippen LogP contribution in [0.5, 0.6) is 5.75 Å². The third kappa shape index (κ3) is 5.25. The van der Waals surface area contributed by atoms with Crippen molar-refractivity contribution in [3.8, 4) is 5.75 Å². The van der Waals surface area contributed by atoms with Crippen molar-refractivity contribution in [3.63, 3.8) is 0 Å². The van der Waals surface area contributed by atoms with E-state index in [1.807, 2.05) is 0 Å². The second kappa shape index (κ2) is 5.33. The van der Waals surface area contributed by atoms with Gasteiger partial charge in [-0.15, -0.1) is 0 Å². The maximum atomic E-state index is 10.1. The SMILES string of the molecule is O=S(=O)(O)Oc1ccccc1.[KH]. The third-order valence-corrected chi connectivity index (χ3v) is 1.35. The Kier molecular flexibility index (Phi) is 5.58. The van der Waals surface area contributed by atoms with Crippen molar-refractivity contribution in [3.05, 3.63) is 30.3 Å². The van der Waals surface area contributed by atoms with Crippen LogP contribution < -0.4 is 4.18 Å². The van der Waals surface area contributed by atoms with E-state index in [0.717, 1.165) is 0 Å². The van der Waals surface area contributed by atoms with Gasteiger partial charge < -0.3 is 4.18 Å². The Morgan fingerprint density at radius 1 is 1.17 bits per heavy atom. The Hall–Kier alpha value is 0.566. The van der Waals surface area contributed by atoms with Crippen LogP contribution in [-0.4, -0.2) is 64.4 Å². The average molecular weight is 214 g/mol. The van der Waals surface area contributed by atoms with Crippen LogP contribution in [0.1, 0.15) is 0 Å². The maximum absolute atomic E-state index is 10.1. The summed E-state index contributed by atoms with van der Waals surface area (Å²) in [5.74, 6) is 0.0926.